The van der Waals surface area contributed by atoms with E-state index in [0.717, 1.165) is 40.3 Å². The predicted octanol–water partition coefficient (Wildman–Crippen LogP) is 5.47. The Morgan fingerprint density at radius 2 is 1.86 bits per heavy atom. The molecule has 0 unspecified atom stereocenters. The van der Waals surface area contributed by atoms with Crippen molar-refractivity contribution >= 4 is 5.71 Å². The summed E-state index contributed by atoms with van der Waals surface area (Å²) in [6.07, 6.45) is 0.362. The summed E-state index contributed by atoms with van der Waals surface area (Å²) < 4.78 is 25.5. The fourth-order valence-corrected chi connectivity index (χ4v) is 3.97. The van der Waals surface area contributed by atoms with Crippen LogP contribution in [-0.2, 0) is 0 Å². The molecule has 0 spiro atoms. The molecule has 0 fully saturated rings. The van der Waals surface area contributed by atoms with E-state index in [1.165, 1.54) is 12.1 Å². The van der Waals surface area contributed by atoms with E-state index >= 15 is 0 Å². The average Bonchev–Trinajstić information content (AvgIpc) is 3.21. The number of benzene rings is 3. The molecule has 5 rings (SSSR count). The molecule has 2 atom stereocenters. The van der Waals surface area contributed by atoms with Crippen LogP contribution in [0.15, 0.2) is 77.9 Å². The number of rotatable bonds is 4. The Kier molecular flexibility index (Phi) is 4.43. The Morgan fingerprint density at radius 1 is 1.07 bits per heavy atom. The molecule has 0 N–H and O–H groups in total. The molecule has 2 aliphatic heterocycles. The van der Waals surface area contributed by atoms with Crippen LogP contribution in [0.3, 0.4) is 0 Å². The third-order valence-corrected chi connectivity index (χ3v) is 5.33. The van der Waals surface area contributed by atoms with E-state index in [1.54, 1.807) is 12.1 Å². The molecule has 5 heteroatoms. The van der Waals surface area contributed by atoms with Crippen molar-refractivity contribution in [3.05, 3.63) is 95.3 Å². The van der Waals surface area contributed by atoms with Crippen molar-refractivity contribution in [1.82, 2.24) is 5.01 Å². The molecule has 3 aromatic carbocycles. The van der Waals surface area contributed by atoms with Crippen molar-refractivity contribution in [2.24, 2.45) is 5.10 Å². The molecule has 2 heterocycles. The quantitative estimate of drug-likeness (QED) is 0.595. The molecule has 2 aliphatic rings. The number of nitrogens with zero attached hydrogens (tertiary/aromatic N) is 2. The Morgan fingerprint density at radius 3 is 2.62 bits per heavy atom. The van der Waals surface area contributed by atoms with Crippen molar-refractivity contribution in [3.63, 3.8) is 0 Å². The minimum absolute atomic E-state index is 0.0319. The summed E-state index contributed by atoms with van der Waals surface area (Å²) in [6, 6.07) is 22.6. The average molecular weight is 388 g/mol. The second kappa shape index (κ2) is 7.24. The lowest BCUT2D eigenvalue weighted by atomic mass is 9.95. The third-order valence-electron chi connectivity index (χ3n) is 5.33. The van der Waals surface area contributed by atoms with Gasteiger partial charge in [0, 0.05) is 17.5 Å². The van der Waals surface area contributed by atoms with Gasteiger partial charge in [-0.05, 0) is 42.8 Å². The van der Waals surface area contributed by atoms with Crippen molar-refractivity contribution in [2.75, 3.05) is 6.61 Å². The highest BCUT2D eigenvalue weighted by molar-refractivity contribution is 6.01. The zero-order valence-corrected chi connectivity index (χ0v) is 16.1. The smallest absolute Gasteiger partial charge is 0.213 e. The zero-order valence-electron chi connectivity index (χ0n) is 16.1. The lowest BCUT2D eigenvalue weighted by Crippen LogP contribution is -2.33. The summed E-state index contributed by atoms with van der Waals surface area (Å²) in [5, 5.41) is 6.92. The van der Waals surface area contributed by atoms with Gasteiger partial charge in [0.05, 0.1) is 18.4 Å². The maximum absolute atomic E-state index is 13.5. The summed E-state index contributed by atoms with van der Waals surface area (Å²) >= 11 is 0. The Balaban J connectivity index is 1.58. The predicted molar refractivity (Wildman–Crippen MR) is 110 cm³/mol. The third kappa shape index (κ3) is 3.23. The monoisotopic (exact) mass is 388 g/mol. The molecule has 4 nitrogen and oxygen atoms in total. The zero-order chi connectivity index (χ0) is 19.8. The van der Waals surface area contributed by atoms with Gasteiger partial charge in [0.2, 0.25) is 6.23 Å². The van der Waals surface area contributed by atoms with Gasteiger partial charge < -0.3 is 9.47 Å². The van der Waals surface area contributed by atoms with E-state index in [2.05, 4.69) is 12.1 Å². The molecule has 146 valence electrons. The first-order valence-electron chi connectivity index (χ1n) is 9.83. The van der Waals surface area contributed by atoms with E-state index < -0.39 is 6.23 Å². The summed E-state index contributed by atoms with van der Waals surface area (Å²) in [7, 11) is 0. The lowest BCUT2D eigenvalue weighted by molar-refractivity contribution is -0.0192. The van der Waals surface area contributed by atoms with E-state index in [1.807, 2.05) is 48.3 Å². The lowest BCUT2D eigenvalue weighted by Gasteiger charge is -2.38. The highest BCUT2D eigenvalue weighted by atomic mass is 19.1. The molecular weight excluding hydrogens is 367 g/mol. The molecule has 0 aromatic heterocycles. The molecule has 0 aliphatic carbocycles. The van der Waals surface area contributed by atoms with Gasteiger partial charge in [-0.25, -0.2) is 9.40 Å². The maximum Gasteiger partial charge on any atom is 0.213 e. The molecule has 0 saturated carbocycles. The van der Waals surface area contributed by atoms with Gasteiger partial charge in [-0.1, -0.05) is 42.5 Å². The van der Waals surface area contributed by atoms with Crippen LogP contribution in [0.1, 0.15) is 42.3 Å². The summed E-state index contributed by atoms with van der Waals surface area (Å²) in [5.74, 6) is 1.37. The molecule has 0 saturated heterocycles. The van der Waals surface area contributed by atoms with Gasteiger partial charge in [0.25, 0.3) is 0 Å². The number of hydrazone groups is 1. The first-order valence-corrected chi connectivity index (χ1v) is 9.83. The van der Waals surface area contributed by atoms with Crippen LogP contribution in [0.4, 0.5) is 4.39 Å². The summed E-state index contributed by atoms with van der Waals surface area (Å²) in [4.78, 5) is 0. The van der Waals surface area contributed by atoms with Crippen molar-refractivity contribution < 1.29 is 13.9 Å². The fourth-order valence-electron chi connectivity index (χ4n) is 3.97. The van der Waals surface area contributed by atoms with E-state index in [0.29, 0.717) is 6.61 Å². The molecule has 0 amide bonds. The van der Waals surface area contributed by atoms with Gasteiger partial charge in [0.1, 0.15) is 17.3 Å². The van der Waals surface area contributed by atoms with Crippen molar-refractivity contribution in [3.8, 4) is 11.5 Å². The fraction of sp³-hybridized carbons (Fsp3) is 0.208. The highest BCUT2D eigenvalue weighted by Crippen LogP contribution is 2.48. The minimum atomic E-state index is -0.410. The van der Waals surface area contributed by atoms with Crippen LogP contribution in [-0.4, -0.2) is 17.3 Å². The molecular formula is C24H21FN2O2. The van der Waals surface area contributed by atoms with Gasteiger partial charge in [0.15, 0.2) is 0 Å². The normalized spacial score (nSPS) is 19.8. The molecule has 0 radical (unpaired) electrons. The highest BCUT2D eigenvalue weighted by Gasteiger charge is 2.41. The maximum atomic E-state index is 13.5. The van der Waals surface area contributed by atoms with Gasteiger partial charge in [-0.2, -0.15) is 5.10 Å². The molecule has 29 heavy (non-hydrogen) atoms. The number of halogens is 1. The number of hydrogen-bond acceptors (Lipinski definition) is 4. The van der Waals surface area contributed by atoms with Gasteiger partial charge in [-0.15, -0.1) is 0 Å². The Hall–Kier alpha value is -3.34. The second-order valence-corrected chi connectivity index (χ2v) is 7.17. The van der Waals surface area contributed by atoms with Crippen molar-refractivity contribution in [1.29, 1.82) is 0 Å². The number of fused-ring (bicyclic) bond motifs is 3. The summed E-state index contributed by atoms with van der Waals surface area (Å²) in [5.41, 5.74) is 4.04. The molecule has 3 aromatic rings. The minimum Gasteiger partial charge on any atom is -0.494 e. The van der Waals surface area contributed by atoms with Crippen molar-refractivity contribution in [2.45, 2.75) is 25.6 Å². The van der Waals surface area contributed by atoms with Crippen LogP contribution < -0.4 is 9.47 Å². The van der Waals surface area contributed by atoms with E-state index in [4.69, 9.17) is 14.6 Å². The number of hydrogen-bond donors (Lipinski definition) is 0. The Bertz CT molecular complexity index is 1050. The second-order valence-electron chi connectivity index (χ2n) is 7.17. The van der Waals surface area contributed by atoms with Crippen LogP contribution in [0.5, 0.6) is 11.5 Å². The van der Waals surface area contributed by atoms with Gasteiger partial charge >= 0.3 is 0 Å². The first kappa shape index (κ1) is 17.7. The first-order chi connectivity index (χ1) is 14.2. The molecule has 0 bridgehead atoms. The van der Waals surface area contributed by atoms with E-state index in [-0.39, 0.29) is 11.9 Å². The van der Waals surface area contributed by atoms with Crippen LogP contribution in [0.25, 0.3) is 0 Å². The van der Waals surface area contributed by atoms with E-state index in [9.17, 15) is 4.39 Å². The summed E-state index contributed by atoms with van der Waals surface area (Å²) in [6.45, 7) is 2.58. The number of ether oxygens (including phenoxy) is 2. The Labute approximate surface area is 169 Å². The topological polar surface area (TPSA) is 34.1 Å². The van der Waals surface area contributed by atoms with Crippen LogP contribution >= 0.6 is 0 Å². The van der Waals surface area contributed by atoms with Gasteiger partial charge in [-0.3, -0.25) is 0 Å². The SMILES string of the molecule is CCOc1ccc2c(c1)[C@@H]1CC(c3ccccc3)=NN1[C@H](c1ccc(F)cc1)O2. The van der Waals surface area contributed by atoms with Crippen LogP contribution in [0.2, 0.25) is 0 Å². The largest absolute Gasteiger partial charge is 0.494 e. The standard InChI is InChI=1S/C24H21FN2O2/c1-2-28-19-12-13-23-20(14-19)22-15-21(16-6-4-3-5-7-16)26-27(22)24(29-23)17-8-10-18(25)11-9-17/h3-14,22,24H,2,15H2,1H3/t22-,24-/m0/s1. The van der Waals surface area contributed by atoms with Crippen LogP contribution in [0, 0.1) is 5.82 Å².